The summed E-state index contributed by atoms with van der Waals surface area (Å²) in [6.07, 6.45) is 12.6. The summed E-state index contributed by atoms with van der Waals surface area (Å²) in [5, 5.41) is 32.0. The molecule has 0 bridgehead atoms. The average Bonchev–Trinajstić information content (AvgIpc) is 3.58. The molecule has 2 saturated carbocycles. The van der Waals surface area contributed by atoms with E-state index in [0.717, 1.165) is 36.8 Å². The van der Waals surface area contributed by atoms with E-state index in [1.807, 2.05) is 16.9 Å². The molecule has 0 radical (unpaired) electrons. The Hall–Kier alpha value is -4.51. The van der Waals surface area contributed by atoms with Crippen LogP contribution < -0.4 is 0 Å². The van der Waals surface area contributed by atoms with Gasteiger partial charge in [0.25, 0.3) is 0 Å². The van der Waals surface area contributed by atoms with Crippen molar-refractivity contribution < 1.29 is 9.53 Å². The van der Waals surface area contributed by atoms with Crippen LogP contribution in [0.1, 0.15) is 42.6 Å². The molecule has 0 saturated heterocycles. The van der Waals surface area contributed by atoms with Gasteiger partial charge in [-0.3, -0.25) is 9.36 Å². The van der Waals surface area contributed by atoms with E-state index < -0.39 is 5.97 Å². The summed E-state index contributed by atoms with van der Waals surface area (Å²) in [4.78, 5) is 17.3. The number of nitriles is 2. The molecule has 0 N–H and O–H groups in total. The highest BCUT2D eigenvalue weighted by Gasteiger charge is 2.61. The molecule has 36 heavy (non-hydrogen) atoms. The van der Waals surface area contributed by atoms with Crippen LogP contribution in [0.15, 0.2) is 37.1 Å². The zero-order valence-electron chi connectivity index (χ0n) is 19.9. The summed E-state index contributed by atoms with van der Waals surface area (Å²) >= 11 is 0. The molecule has 180 valence electrons. The molecule has 2 aliphatic rings. The Bertz CT molecular complexity index is 1580. The van der Waals surface area contributed by atoms with E-state index in [1.165, 1.54) is 11.8 Å². The van der Waals surface area contributed by atoms with Gasteiger partial charge in [0.2, 0.25) is 0 Å². The fraction of sp³-hybridized carbons (Fsp3) is 0.400. The fourth-order valence-corrected chi connectivity index (χ4v) is 6.16. The van der Waals surface area contributed by atoms with E-state index in [-0.39, 0.29) is 16.9 Å². The number of nitrogens with zero attached hydrogens (tertiary/aromatic N) is 9. The summed E-state index contributed by atoms with van der Waals surface area (Å²) in [5.41, 5.74) is 3.37. The molecule has 4 aromatic heterocycles. The van der Waals surface area contributed by atoms with E-state index in [2.05, 4.69) is 27.4 Å². The highest BCUT2D eigenvalue weighted by Crippen LogP contribution is 2.66. The Morgan fingerprint density at radius 3 is 2.72 bits per heavy atom. The molecule has 2 fully saturated rings. The number of rotatable bonds is 5. The van der Waals surface area contributed by atoms with Crippen LogP contribution >= 0.6 is 0 Å². The standard InChI is InChI=1S/C25H23N9O2/c1-32-22(23(35)36-2)18(11-29-32)19-13-33-20(3-6-28-33)21(31-19)17-10-30-34(12-17)25(4-5-26)14-24(15-25)7-16(8-24)9-27/h3,6,10-13,16H,4,7-8,14-15H2,1-2H3. The number of aryl methyl sites for hydroxylation is 1. The molecule has 4 aromatic rings. The second kappa shape index (κ2) is 7.75. The van der Waals surface area contributed by atoms with Crippen LogP contribution in [-0.2, 0) is 17.3 Å². The lowest BCUT2D eigenvalue weighted by molar-refractivity contribution is -0.108. The van der Waals surface area contributed by atoms with Gasteiger partial charge < -0.3 is 4.74 Å². The topological polar surface area (TPSA) is 140 Å². The van der Waals surface area contributed by atoms with E-state index in [9.17, 15) is 15.3 Å². The molecule has 4 heterocycles. The lowest BCUT2D eigenvalue weighted by Gasteiger charge is -2.61. The molecule has 1 spiro atoms. The first kappa shape index (κ1) is 22.0. The number of fused-ring (bicyclic) bond motifs is 1. The van der Waals surface area contributed by atoms with Gasteiger partial charge in [-0.1, -0.05) is 0 Å². The van der Waals surface area contributed by atoms with Crippen molar-refractivity contribution in [1.29, 1.82) is 10.5 Å². The molecular formula is C25H23N9O2. The number of ether oxygens (including phenoxy) is 1. The Balaban J connectivity index is 1.40. The lowest BCUT2D eigenvalue weighted by Crippen LogP contribution is -2.58. The Morgan fingerprint density at radius 1 is 1.19 bits per heavy atom. The van der Waals surface area contributed by atoms with Crippen molar-refractivity contribution in [2.24, 2.45) is 18.4 Å². The van der Waals surface area contributed by atoms with Crippen molar-refractivity contribution in [2.45, 2.75) is 37.6 Å². The van der Waals surface area contributed by atoms with Crippen LogP contribution in [0.25, 0.3) is 28.0 Å². The van der Waals surface area contributed by atoms with Crippen LogP contribution in [0.4, 0.5) is 0 Å². The van der Waals surface area contributed by atoms with Gasteiger partial charge in [-0.15, -0.1) is 0 Å². The second-order valence-corrected chi connectivity index (χ2v) is 9.98. The summed E-state index contributed by atoms with van der Waals surface area (Å²) in [5.74, 6) is -0.378. The maximum atomic E-state index is 12.4. The van der Waals surface area contributed by atoms with E-state index >= 15 is 0 Å². The Kier molecular flexibility index (Phi) is 4.73. The van der Waals surface area contributed by atoms with Crippen LogP contribution in [0.5, 0.6) is 0 Å². The highest BCUT2D eigenvalue weighted by atomic mass is 16.5. The van der Waals surface area contributed by atoms with Crippen molar-refractivity contribution in [3.8, 4) is 34.7 Å². The molecule has 11 nitrogen and oxygen atoms in total. The third kappa shape index (κ3) is 3.13. The van der Waals surface area contributed by atoms with Crippen LogP contribution in [0.3, 0.4) is 0 Å². The quantitative estimate of drug-likeness (QED) is 0.396. The van der Waals surface area contributed by atoms with Crippen molar-refractivity contribution in [3.05, 3.63) is 42.7 Å². The van der Waals surface area contributed by atoms with Crippen molar-refractivity contribution in [2.75, 3.05) is 7.11 Å². The number of hydrogen-bond donors (Lipinski definition) is 0. The number of esters is 1. The minimum Gasteiger partial charge on any atom is -0.464 e. The Labute approximate surface area is 206 Å². The van der Waals surface area contributed by atoms with Crippen molar-refractivity contribution >= 4 is 11.5 Å². The third-order valence-corrected chi connectivity index (χ3v) is 7.68. The monoisotopic (exact) mass is 481 g/mol. The van der Waals surface area contributed by atoms with Crippen molar-refractivity contribution in [3.63, 3.8) is 0 Å². The van der Waals surface area contributed by atoms with Gasteiger partial charge in [-0.25, -0.2) is 14.3 Å². The van der Waals surface area contributed by atoms with Gasteiger partial charge in [0.05, 0.1) is 78.5 Å². The summed E-state index contributed by atoms with van der Waals surface area (Å²) in [6, 6.07) is 6.57. The maximum Gasteiger partial charge on any atom is 0.357 e. The normalized spacial score (nSPS) is 24.6. The van der Waals surface area contributed by atoms with Crippen molar-refractivity contribution in [1.82, 2.24) is 34.2 Å². The molecule has 0 atom stereocenters. The number of hydrogen-bond acceptors (Lipinski definition) is 8. The maximum absolute atomic E-state index is 12.4. The lowest BCUT2D eigenvalue weighted by atomic mass is 9.45. The highest BCUT2D eigenvalue weighted by molar-refractivity contribution is 5.95. The Morgan fingerprint density at radius 2 is 2.00 bits per heavy atom. The van der Waals surface area contributed by atoms with Crippen LogP contribution in [0.2, 0.25) is 0 Å². The first-order chi connectivity index (χ1) is 17.4. The summed E-state index contributed by atoms with van der Waals surface area (Å²) in [7, 11) is 3.00. The fourth-order valence-electron chi connectivity index (χ4n) is 6.16. The predicted molar refractivity (Wildman–Crippen MR) is 126 cm³/mol. The first-order valence-corrected chi connectivity index (χ1v) is 11.7. The molecule has 2 aliphatic carbocycles. The van der Waals surface area contributed by atoms with Gasteiger partial charge in [-0.2, -0.15) is 25.8 Å². The predicted octanol–water partition coefficient (Wildman–Crippen LogP) is 3.10. The number of aromatic nitrogens is 7. The van der Waals surface area contributed by atoms with Gasteiger partial charge in [0, 0.05) is 24.7 Å². The molecule has 6 rings (SSSR count). The SMILES string of the molecule is COC(=O)c1c(-c2cn3nccc3c(-c3cnn(C4(CC#N)CC5(CC(C#N)C5)C4)c3)n2)cnn1C. The van der Waals surface area contributed by atoms with E-state index in [0.29, 0.717) is 29.1 Å². The molecule has 0 aliphatic heterocycles. The van der Waals surface area contributed by atoms with Gasteiger partial charge in [0.15, 0.2) is 5.69 Å². The summed E-state index contributed by atoms with van der Waals surface area (Å²) in [6.45, 7) is 0. The molecule has 0 amide bonds. The smallest absolute Gasteiger partial charge is 0.357 e. The minimum atomic E-state index is -0.506. The zero-order valence-corrected chi connectivity index (χ0v) is 19.9. The molecule has 0 unspecified atom stereocenters. The van der Waals surface area contributed by atoms with Crippen LogP contribution in [0, 0.1) is 34.0 Å². The van der Waals surface area contributed by atoms with E-state index in [4.69, 9.17) is 9.72 Å². The van der Waals surface area contributed by atoms with E-state index in [1.54, 1.807) is 36.4 Å². The molecule has 11 heteroatoms. The largest absolute Gasteiger partial charge is 0.464 e. The van der Waals surface area contributed by atoms with Gasteiger partial charge in [0.1, 0.15) is 0 Å². The zero-order chi connectivity index (χ0) is 25.1. The number of carbonyl (C=O) groups is 1. The summed E-state index contributed by atoms with van der Waals surface area (Å²) < 4.78 is 10.0. The number of carbonyl (C=O) groups excluding carboxylic acids is 1. The first-order valence-electron chi connectivity index (χ1n) is 11.7. The second-order valence-electron chi connectivity index (χ2n) is 9.98. The minimum absolute atomic E-state index is 0.128. The number of methoxy groups -OCH3 is 1. The van der Waals surface area contributed by atoms with Crippen LogP contribution in [-0.4, -0.2) is 47.2 Å². The molecular weight excluding hydrogens is 458 g/mol. The van der Waals surface area contributed by atoms with Gasteiger partial charge in [-0.05, 0) is 37.2 Å². The molecule has 0 aromatic carbocycles. The van der Waals surface area contributed by atoms with Gasteiger partial charge >= 0.3 is 5.97 Å². The average molecular weight is 482 g/mol. The third-order valence-electron chi connectivity index (χ3n) is 7.68.